The SMILES string of the molecule is NC(=Nc1ccc([C@H]2CNCCO2)cc1)c1cc(-c2ccccc2F)n[nH]1. The highest BCUT2D eigenvalue weighted by atomic mass is 19.1. The number of halogens is 1. The van der Waals surface area contributed by atoms with E-state index in [1.807, 2.05) is 24.3 Å². The molecular weight excluding hydrogens is 345 g/mol. The summed E-state index contributed by atoms with van der Waals surface area (Å²) in [4.78, 5) is 4.42. The zero-order valence-electron chi connectivity index (χ0n) is 14.7. The number of H-pyrrole nitrogens is 1. The molecule has 3 aromatic rings. The number of aliphatic imine (C=N–C) groups is 1. The first-order valence-electron chi connectivity index (χ1n) is 8.78. The molecule has 1 fully saturated rings. The highest BCUT2D eigenvalue weighted by Crippen LogP contribution is 2.23. The number of ether oxygens (including phenoxy) is 1. The minimum Gasteiger partial charge on any atom is -0.382 e. The molecule has 0 unspecified atom stereocenters. The summed E-state index contributed by atoms with van der Waals surface area (Å²) < 4.78 is 19.6. The van der Waals surface area contributed by atoms with Crippen LogP contribution in [0.1, 0.15) is 17.4 Å². The lowest BCUT2D eigenvalue weighted by Crippen LogP contribution is -2.33. The molecule has 27 heavy (non-hydrogen) atoms. The first-order chi connectivity index (χ1) is 13.2. The summed E-state index contributed by atoms with van der Waals surface area (Å²) in [5.41, 5.74) is 9.35. The van der Waals surface area contributed by atoms with Crippen LogP contribution < -0.4 is 11.1 Å². The first-order valence-corrected chi connectivity index (χ1v) is 8.78. The van der Waals surface area contributed by atoms with Gasteiger partial charge in [0.05, 0.1) is 24.1 Å². The van der Waals surface area contributed by atoms with Crippen LogP contribution in [0.25, 0.3) is 11.3 Å². The number of aromatic amines is 1. The Morgan fingerprint density at radius 1 is 1.19 bits per heavy atom. The van der Waals surface area contributed by atoms with E-state index in [1.165, 1.54) is 6.07 Å². The zero-order valence-corrected chi connectivity index (χ0v) is 14.7. The van der Waals surface area contributed by atoms with Crippen LogP contribution in [0.3, 0.4) is 0 Å². The van der Waals surface area contributed by atoms with E-state index in [0.29, 0.717) is 23.6 Å². The van der Waals surface area contributed by atoms with Gasteiger partial charge < -0.3 is 15.8 Å². The number of nitrogens with one attached hydrogen (secondary N) is 2. The van der Waals surface area contributed by atoms with Gasteiger partial charge in [-0.3, -0.25) is 5.10 Å². The molecule has 0 aliphatic carbocycles. The Morgan fingerprint density at radius 3 is 2.74 bits per heavy atom. The van der Waals surface area contributed by atoms with Crippen LogP contribution >= 0.6 is 0 Å². The largest absolute Gasteiger partial charge is 0.382 e. The molecule has 4 N–H and O–H groups in total. The van der Waals surface area contributed by atoms with Crippen molar-refractivity contribution in [2.45, 2.75) is 6.10 Å². The topological polar surface area (TPSA) is 88.3 Å². The number of nitrogens with zero attached hydrogens (tertiary/aromatic N) is 2. The van der Waals surface area contributed by atoms with Crippen molar-refractivity contribution in [1.29, 1.82) is 0 Å². The Morgan fingerprint density at radius 2 is 2.00 bits per heavy atom. The zero-order chi connectivity index (χ0) is 18.6. The number of rotatable bonds is 4. The van der Waals surface area contributed by atoms with Crippen LogP contribution in [0, 0.1) is 5.82 Å². The van der Waals surface area contributed by atoms with Crippen molar-refractivity contribution in [3.8, 4) is 11.3 Å². The maximum Gasteiger partial charge on any atom is 0.149 e. The van der Waals surface area contributed by atoms with Gasteiger partial charge in [0.25, 0.3) is 0 Å². The molecule has 2 aromatic carbocycles. The van der Waals surface area contributed by atoms with Crippen LogP contribution in [0.4, 0.5) is 10.1 Å². The molecule has 0 bridgehead atoms. The predicted octanol–water partition coefficient (Wildman–Crippen LogP) is 2.91. The molecule has 2 heterocycles. The van der Waals surface area contributed by atoms with E-state index >= 15 is 0 Å². The molecule has 1 aliphatic heterocycles. The molecule has 0 spiro atoms. The molecule has 1 aromatic heterocycles. The second-order valence-corrected chi connectivity index (χ2v) is 6.30. The van der Waals surface area contributed by atoms with E-state index in [2.05, 4.69) is 20.5 Å². The molecule has 1 saturated heterocycles. The Balaban J connectivity index is 1.52. The first kappa shape index (κ1) is 17.4. The van der Waals surface area contributed by atoms with Gasteiger partial charge >= 0.3 is 0 Å². The van der Waals surface area contributed by atoms with Gasteiger partial charge in [0.15, 0.2) is 0 Å². The minimum absolute atomic E-state index is 0.0602. The molecule has 0 saturated carbocycles. The molecule has 0 radical (unpaired) electrons. The highest BCUT2D eigenvalue weighted by Gasteiger charge is 2.15. The van der Waals surface area contributed by atoms with Crippen LogP contribution in [-0.4, -0.2) is 35.7 Å². The Hall–Kier alpha value is -3.03. The fourth-order valence-corrected chi connectivity index (χ4v) is 3.00. The van der Waals surface area contributed by atoms with Gasteiger partial charge in [-0.1, -0.05) is 24.3 Å². The van der Waals surface area contributed by atoms with Crippen LogP contribution in [0.15, 0.2) is 59.6 Å². The minimum atomic E-state index is -0.332. The van der Waals surface area contributed by atoms with Gasteiger partial charge in [-0.05, 0) is 35.9 Å². The van der Waals surface area contributed by atoms with Crippen LogP contribution in [0.5, 0.6) is 0 Å². The number of morpholine rings is 1. The van der Waals surface area contributed by atoms with Crippen LogP contribution in [-0.2, 0) is 4.74 Å². The van der Waals surface area contributed by atoms with Gasteiger partial charge in [0.1, 0.15) is 17.3 Å². The van der Waals surface area contributed by atoms with E-state index in [0.717, 1.165) is 24.3 Å². The predicted molar refractivity (Wildman–Crippen MR) is 102 cm³/mol. The summed E-state index contributed by atoms with van der Waals surface area (Å²) in [5.74, 6) is -0.0468. The molecule has 4 rings (SSSR count). The van der Waals surface area contributed by atoms with Crippen molar-refractivity contribution in [2.24, 2.45) is 10.7 Å². The number of nitrogens with two attached hydrogens (primary N) is 1. The lowest BCUT2D eigenvalue weighted by Gasteiger charge is -2.23. The summed E-state index contributed by atoms with van der Waals surface area (Å²) in [5, 5.41) is 10.3. The van der Waals surface area contributed by atoms with Gasteiger partial charge in [0, 0.05) is 18.7 Å². The third-order valence-corrected chi connectivity index (χ3v) is 4.45. The molecule has 7 heteroatoms. The van der Waals surface area contributed by atoms with E-state index in [4.69, 9.17) is 10.5 Å². The van der Waals surface area contributed by atoms with E-state index in [9.17, 15) is 4.39 Å². The number of benzene rings is 2. The fourth-order valence-electron chi connectivity index (χ4n) is 3.00. The van der Waals surface area contributed by atoms with Crippen molar-refractivity contribution in [1.82, 2.24) is 15.5 Å². The van der Waals surface area contributed by atoms with Crippen LogP contribution in [0.2, 0.25) is 0 Å². The van der Waals surface area contributed by atoms with Gasteiger partial charge in [0.2, 0.25) is 0 Å². The maximum atomic E-state index is 13.9. The maximum absolute atomic E-state index is 13.9. The number of hydrogen-bond acceptors (Lipinski definition) is 4. The van der Waals surface area contributed by atoms with Gasteiger partial charge in [-0.2, -0.15) is 5.10 Å². The highest BCUT2D eigenvalue weighted by molar-refractivity contribution is 5.98. The third kappa shape index (κ3) is 3.89. The van der Waals surface area contributed by atoms with Crippen molar-refractivity contribution < 1.29 is 9.13 Å². The van der Waals surface area contributed by atoms with Crippen molar-refractivity contribution in [3.05, 3.63) is 71.7 Å². The second-order valence-electron chi connectivity index (χ2n) is 6.30. The number of aromatic nitrogens is 2. The van der Waals surface area contributed by atoms with E-state index in [1.54, 1.807) is 24.3 Å². The second kappa shape index (κ2) is 7.69. The van der Waals surface area contributed by atoms with E-state index in [-0.39, 0.29) is 17.8 Å². The monoisotopic (exact) mass is 365 g/mol. The van der Waals surface area contributed by atoms with Crippen molar-refractivity contribution in [2.75, 3.05) is 19.7 Å². The smallest absolute Gasteiger partial charge is 0.149 e. The standard InChI is InChI=1S/C20H20FN5O/c21-16-4-2-1-3-15(16)17-11-18(26-25-17)20(22)24-14-7-5-13(6-8-14)19-12-23-9-10-27-19/h1-8,11,19,23H,9-10,12H2,(H2,22,24)(H,25,26)/t19-/m1/s1. The summed E-state index contributed by atoms with van der Waals surface area (Å²) in [7, 11) is 0. The molecule has 138 valence electrons. The number of amidine groups is 1. The van der Waals surface area contributed by atoms with Crippen molar-refractivity contribution >= 4 is 11.5 Å². The van der Waals surface area contributed by atoms with E-state index < -0.39 is 0 Å². The summed E-state index contributed by atoms with van der Waals surface area (Å²) in [6.07, 6.45) is 0.0602. The molecule has 0 amide bonds. The Labute approximate surface area is 156 Å². The molecule has 1 atom stereocenters. The Kier molecular flexibility index (Phi) is 4.95. The Bertz CT molecular complexity index is 945. The molecule has 1 aliphatic rings. The van der Waals surface area contributed by atoms with Crippen molar-refractivity contribution in [3.63, 3.8) is 0 Å². The molecule has 6 nitrogen and oxygen atoms in total. The summed E-state index contributed by atoms with van der Waals surface area (Å²) >= 11 is 0. The van der Waals surface area contributed by atoms with Gasteiger partial charge in [-0.15, -0.1) is 0 Å². The quantitative estimate of drug-likeness (QED) is 0.490. The average Bonchev–Trinajstić information content (AvgIpc) is 3.20. The molecular formula is C20H20FN5O. The van der Waals surface area contributed by atoms with Gasteiger partial charge in [-0.25, -0.2) is 9.38 Å². The average molecular weight is 365 g/mol. The lowest BCUT2D eigenvalue weighted by atomic mass is 10.1. The fraction of sp³-hybridized carbons (Fsp3) is 0.200. The number of hydrogen-bond donors (Lipinski definition) is 3. The summed E-state index contributed by atoms with van der Waals surface area (Å²) in [6, 6.07) is 15.9. The normalized spacial score (nSPS) is 17.8. The third-order valence-electron chi connectivity index (χ3n) is 4.45. The summed E-state index contributed by atoms with van der Waals surface area (Å²) in [6.45, 7) is 2.40. The lowest BCUT2D eigenvalue weighted by molar-refractivity contribution is 0.0277.